The van der Waals surface area contributed by atoms with E-state index in [1.165, 1.54) is 27.5 Å². The van der Waals surface area contributed by atoms with Crippen LogP contribution in [-0.2, 0) is 0 Å². The van der Waals surface area contributed by atoms with Gasteiger partial charge in [-0.2, -0.15) is 0 Å². The third-order valence-corrected chi connectivity index (χ3v) is 11.8. The summed E-state index contributed by atoms with van der Waals surface area (Å²) in [5.74, 6) is 1.81. The first-order valence-corrected chi connectivity index (χ1v) is 20.8. The predicted octanol–water partition coefficient (Wildman–Crippen LogP) is 14.9. The fourth-order valence-electron chi connectivity index (χ4n) is 8.79. The zero-order valence-electron chi connectivity index (χ0n) is 33.5. The van der Waals surface area contributed by atoms with Crippen LogP contribution in [0.25, 0.3) is 117 Å². The van der Waals surface area contributed by atoms with E-state index in [9.17, 15) is 0 Å². The minimum Gasteiger partial charge on any atom is -0.456 e. The van der Waals surface area contributed by atoms with E-state index in [1.807, 2.05) is 36.4 Å². The molecular weight excluding hydrogens is 757 g/mol. The summed E-state index contributed by atoms with van der Waals surface area (Å²) in [6, 6.07) is 76.4. The van der Waals surface area contributed by atoms with Crippen LogP contribution >= 0.6 is 0 Å². The van der Waals surface area contributed by atoms with Crippen LogP contribution in [0.3, 0.4) is 0 Å². The van der Waals surface area contributed by atoms with E-state index in [0.29, 0.717) is 17.5 Å². The molecule has 0 bridgehead atoms. The number of para-hydroxylation sites is 1. The van der Waals surface area contributed by atoms with Crippen molar-refractivity contribution in [3.63, 3.8) is 0 Å². The predicted molar refractivity (Wildman–Crippen MR) is 254 cm³/mol. The molecule has 290 valence electrons. The first-order valence-electron chi connectivity index (χ1n) is 20.8. The normalized spacial score (nSPS) is 11.5. The van der Waals surface area contributed by atoms with E-state index in [2.05, 4.69) is 187 Å². The zero-order valence-corrected chi connectivity index (χ0v) is 33.5. The van der Waals surface area contributed by atoms with E-state index in [-0.39, 0.29) is 0 Å². The lowest BCUT2D eigenvalue weighted by molar-refractivity contribution is 0.669. The molecule has 3 aromatic heterocycles. The summed E-state index contributed by atoms with van der Waals surface area (Å²) in [6.07, 6.45) is 0. The van der Waals surface area contributed by atoms with Crippen molar-refractivity contribution >= 4 is 43.7 Å². The van der Waals surface area contributed by atoms with Crippen molar-refractivity contribution in [3.05, 3.63) is 218 Å². The van der Waals surface area contributed by atoms with Gasteiger partial charge in [-0.3, -0.25) is 0 Å². The van der Waals surface area contributed by atoms with Gasteiger partial charge in [-0.15, -0.1) is 0 Å². The van der Waals surface area contributed by atoms with Crippen molar-refractivity contribution in [2.24, 2.45) is 0 Å². The second kappa shape index (κ2) is 14.7. The molecule has 0 atom stereocenters. The Morgan fingerprint density at radius 1 is 0.274 bits per heavy atom. The Bertz CT molecular complexity index is 3610. The summed E-state index contributed by atoms with van der Waals surface area (Å²) >= 11 is 0. The van der Waals surface area contributed by atoms with Crippen LogP contribution in [0.15, 0.2) is 223 Å². The van der Waals surface area contributed by atoms with Crippen LogP contribution in [-0.4, -0.2) is 19.5 Å². The Morgan fingerprint density at radius 2 is 0.758 bits per heavy atom. The molecule has 9 aromatic carbocycles. The molecule has 0 N–H and O–H groups in total. The molecule has 3 heterocycles. The van der Waals surface area contributed by atoms with Crippen molar-refractivity contribution in [2.45, 2.75) is 0 Å². The van der Waals surface area contributed by atoms with E-state index in [4.69, 9.17) is 19.4 Å². The molecule has 0 fully saturated rings. The van der Waals surface area contributed by atoms with Crippen molar-refractivity contribution in [1.82, 2.24) is 19.5 Å². The molecule has 0 amide bonds. The van der Waals surface area contributed by atoms with Gasteiger partial charge < -0.3 is 8.98 Å². The maximum Gasteiger partial charge on any atom is 0.164 e. The first kappa shape index (κ1) is 35.5. The van der Waals surface area contributed by atoms with Gasteiger partial charge in [0.1, 0.15) is 11.2 Å². The number of nitrogens with zero attached hydrogens (tertiary/aromatic N) is 4. The zero-order chi connectivity index (χ0) is 41.0. The third-order valence-electron chi connectivity index (χ3n) is 11.8. The minimum absolute atomic E-state index is 0.582. The average molecular weight is 793 g/mol. The maximum absolute atomic E-state index is 6.76. The molecule has 62 heavy (non-hydrogen) atoms. The van der Waals surface area contributed by atoms with Gasteiger partial charge in [0, 0.05) is 50.0 Å². The number of fused-ring (bicyclic) bond motifs is 6. The maximum atomic E-state index is 6.76. The van der Waals surface area contributed by atoms with Gasteiger partial charge in [-0.1, -0.05) is 170 Å². The van der Waals surface area contributed by atoms with Gasteiger partial charge >= 0.3 is 0 Å². The molecule has 0 saturated heterocycles. The summed E-state index contributed by atoms with van der Waals surface area (Å²) in [4.78, 5) is 15.1. The first-order chi connectivity index (χ1) is 30.7. The van der Waals surface area contributed by atoms with E-state index < -0.39 is 0 Å². The SMILES string of the molecule is c1ccc(-c2ccc(-c3cccc(-n4c5ccccc5c5cc6c(cc54)oc4cc(-c5nc(-c7ccccc7)nc(-c7cccc(-c8ccccc8)c7)n5)ccc46)c3)cc2)cc1. The molecule has 0 aliphatic heterocycles. The highest BCUT2D eigenvalue weighted by atomic mass is 16.3. The molecule has 0 aliphatic carbocycles. The lowest BCUT2D eigenvalue weighted by Gasteiger charge is -2.11. The van der Waals surface area contributed by atoms with Crippen LogP contribution in [0.5, 0.6) is 0 Å². The van der Waals surface area contributed by atoms with Crippen LogP contribution in [0.1, 0.15) is 0 Å². The molecule has 5 nitrogen and oxygen atoms in total. The van der Waals surface area contributed by atoms with Crippen LogP contribution < -0.4 is 0 Å². The van der Waals surface area contributed by atoms with Crippen molar-refractivity contribution in [2.75, 3.05) is 0 Å². The van der Waals surface area contributed by atoms with Gasteiger partial charge in [0.05, 0.1) is 11.0 Å². The fraction of sp³-hybridized carbons (Fsp3) is 0. The topological polar surface area (TPSA) is 56.7 Å². The number of benzene rings is 9. The molecule has 0 spiro atoms. The quantitative estimate of drug-likeness (QED) is 0.161. The Kier molecular flexibility index (Phi) is 8.42. The van der Waals surface area contributed by atoms with Crippen LogP contribution in [0, 0.1) is 0 Å². The smallest absolute Gasteiger partial charge is 0.164 e. The Labute approximate surface area is 357 Å². The van der Waals surface area contributed by atoms with Gasteiger partial charge in [0.15, 0.2) is 17.5 Å². The largest absolute Gasteiger partial charge is 0.456 e. The molecule has 12 aromatic rings. The van der Waals surface area contributed by atoms with Crippen LogP contribution in [0.2, 0.25) is 0 Å². The molecular formula is C57H36N4O. The fourth-order valence-corrected chi connectivity index (χ4v) is 8.79. The number of furan rings is 1. The van der Waals surface area contributed by atoms with Gasteiger partial charge in [0.25, 0.3) is 0 Å². The monoisotopic (exact) mass is 792 g/mol. The van der Waals surface area contributed by atoms with Crippen LogP contribution in [0.4, 0.5) is 0 Å². The summed E-state index contributed by atoms with van der Waals surface area (Å²) in [6.45, 7) is 0. The van der Waals surface area contributed by atoms with E-state index >= 15 is 0 Å². The highest BCUT2D eigenvalue weighted by molar-refractivity contribution is 6.17. The van der Waals surface area contributed by atoms with Crippen molar-refractivity contribution in [3.8, 4) is 73.2 Å². The summed E-state index contributed by atoms with van der Waals surface area (Å²) in [7, 11) is 0. The standard InChI is InChI=1S/C57H36N4O/c1-4-14-37(15-5-1)39-26-28-40(29-27-39)43-21-13-23-46(33-43)61-51-25-11-10-24-47(51)49-35-50-48-31-30-45(34-53(48)62-54(50)36-52(49)61)57-59-55(41-18-8-3-9-19-41)58-56(60-57)44-22-12-20-42(32-44)38-16-6-2-7-17-38/h1-36H. The minimum atomic E-state index is 0.582. The lowest BCUT2D eigenvalue weighted by atomic mass is 10.00. The summed E-state index contributed by atoms with van der Waals surface area (Å²) in [5.41, 5.74) is 14.6. The molecule has 0 unspecified atom stereocenters. The second-order valence-electron chi connectivity index (χ2n) is 15.6. The summed E-state index contributed by atoms with van der Waals surface area (Å²) in [5, 5.41) is 4.46. The Balaban J connectivity index is 0.964. The highest BCUT2D eigenvalue weighted by Gasteiger charge is 2.19. The number of rotatable bonds is 7. The Hall–Kier alpha value is -8.41. The van der Waals surface area contributed by atoms with Gasteiger partial charge in [0.2, 0.25) is 0 Å². The number of hydrogen-bond acceptors (Lipinski definition) is 4. The van der Waals surface area contributed by atoms with Gasteiger partial charge in [-0.05, 0) is 75.8 Å². The van der Waals surface area contributed by atoms with E-state index in [1.54, 1.807) is 0 Å². The molecule has 12 rings (SSSR count). The number of hydrogen-bond donors (Lipinski definition) is 0. The van der Waals surface area contributed by atoms with Crippen molar-refractivity contribution in [1.29, 1.82) is 0 Å². The summed E-state index contributed by atoms with van der Waals surface area (Å²) < 4.78 is 9.12. The molecule has 0 saturated carbocycles. The Morgan fingerprint density at radius 3 is 1.47 bits per heavy atom. The molecule has 5 heteroatoms. The highest BCUT2D eigenvalue weighted by Crippen LogP contribution is 2.40. The van der Waals surface area contributed by atoms with Crippen molar-refractivity contribution < 1.29 is 4.42 Å². The molecule has 0 radical (unpaired) electrons. The van der Waals surface area contributed by atoms with E-state index in [0.717, 1.165) is 72.0 Å². The third kappa shape index (κ3) is 6.23. The van der Waals surface area contributed by atoms with Gasteiger partial charge in [-0.25, -0.2) is 15.0 Å². The lowest BCUT2D eigenvalue weighted by Crippen LogP contribution is -2.00. The second-order valence-corrected chi connectivity index (χ2v) is 15.6. The number of aromatic nitrogens is 4. The molecule has 0 aliphatic rings. The average Bonchev–Trinajstić information content (AvgIpc) is 3.88.